The number of carbonyl (C=O) groups is 1. The fourth-order valence-corrected chi connectivity index (χ4v) is 2.29. The third-order valence-corrected chi connectivity index (χ3v) is 3.48. The van der Waals surface area contributed by atoms with E-state index in [9.17, 15) is 19.6 Å². The van der Waals surface area contributed by atoms with Crippen LogP contribution in [-0.2, 0) is 13.8 Å². The van der Waals surface area contributed by atoms with E-state index in [0.717, 1.165) is 10.9 Å². The number of aromatic nitrogens is 2. The average molecular weight is 323 g/mol. The molecule has 1 aliphatic rings. The molecule has 0 aromatic carbocycles. The Labute approximate surface area is 118 Å². The number of nitrogens with zero attached hydrogens (tertiary/aromatic N) is 2. The van der Waals surface area contributed by atoms with Crippen LogP contribution >= 0.6 is 7.82 Å². The summed E-state index contributed by atoms with van der Waals surface area (Å²) in [5, 5.41) is 19.7. The van der Waals surface area contributed by atoms with E-state index in [4.69, 9.17) is 20.3 Å². The van der Waals surface area contributed by atoms with Crippen LogP contribution in [0.5, 0.6) is 0 Å². The number of nitrogens with two attached hydrogens (primary N) is 1. The molecule has 0 spiro atoms. The number of aliphatic hydroxyl groups excluding tert-OH is 2. The molecule has 11 nitrogen and oxygen atoms in total. The number of hydrogen-bond acceptors (Lipinski definition) is 8. The number of carbonyl (C=O) groups excluding carboxylic acids is 1. The van der Waals surface area contributed by atoms with Gasteiger partial charge in [-0.2, -0.15) is 0 Å². The number of phosphoric ester groups is 1. The van der Waals surface area contributed by atoms with Crippen LogP contribution in [0.1, 0.15) is 16.7 Å². The maximum atomic E-state index is 10.7. The van der Waals surface area contributed by atoms with Crippen molar-refractivity contribution < 1.29 is 38.6 Å². The summed E-state index contributed by atoms with van der Waals surface area (Å²) in [4.78, 5) is 31.6. The summed E-state index contributed by atoms with van der Waals surface area (Å²) >= 11 is 0. The first-order chi connectivity index (χ1) is 9.74. The molecule has 1 aromatic heterocycles. The van der Waals surface area contributed by atoms with Gasteiger partial charge < -0.3 is 30.5 Å². The molecule has 0 bridgehead atoms. The molecule has 1 fully saturated rings. The van der Waals surface area contributed by atoms with E-state index in [1.807, 2.05) is 0 Å². The number of nitrogen functional groups attached to an aromatic ring is 1. The zero-order chi connectivity index (χ0) is 15.8. The number of anilines is 1. The topological polar surface area (TPSA) is 177 Å². The largest absolute Gasteiger partial charge is 0.469 e. The summed E-state index contributed by atoms with van der Waals surface area (Å²) in [6.45, 7) is -0.631. The number of ether oxygens (including phenoxy) is 1. The van der Waals surface area contributed by atoms with E-state index in [-0.39, 0.29) is 11.5 Å². The molecule has 1 saturated heterocycles. The van der Waals surface area contributed by atoms with E-state index in [1.165, 1.54) is 0 Å². The highest BCUT2D eigenvalue weighted by molar-refractivity contribution is 7.46. The maximum absolute atomic E-state index is 10.7. The van der Waals surface area contributed by atoms with E-state index in [0.29, 0.717) is 6.29 Å². The van der Waals surface area contributed by atoms with Crippen LogP contribution in [0.3, 0.4) is 0 Å². The number of aliphatic hydroxyl groups is 2. The Morgan fingerprint density at radius 2 is 2.14 bits per heavy atom. The second kappa shape index (κ2) is 5.81. The first-order valence-electron chi connectivity index (χ1n) is 5.73. The third-order valence-electron chi connectivity index (χ3n) is 2.99. The van der Waals surface area contributed by atoms with Crippen molar-refractivity contribution in [1.29, 1.82) is 0 Å². The van der Waals surface area contributed by atoms with Crippen molar-refractivity contribution >= 4 is 19.9 Å². The van der Waals surface area contributed by atoms with Gasteiger partial charge in [-0.05, 0) is 0 Å². The third kappa shape index (κ3) is 3.30. The van der Waals surface area contributed by atoms with Crippen molar-refractivity contribution in [2.75, 3.05) is 12.3 Å². The van der Waals surface area contributed by atoms with Crippen molar-refractivity contribution in [3.05, 3.63) is 12.0 Å². The Morgan fingerprint density at radius 3 is 2.67 bits per heavy atom. The Balaban J connectivity index is 2.14. The van der Waals surface area contributed by atoms with Gasteiger partial charge in [0.2, 0.25) is 0 Å². The summed E-state index contributed by atoms with van der Waals surface area (Å²) in [5.41, 5.74) is 5.57. The van der Waals surface area contributed by atoms with E-state index in [1.54, 1.807) is 0 Å². The number of rotatable bonds is 5. The Kier molecular flexibility index (Phi) is 4.44. The lowest BCUT2D eigenvalue weighted by molar-refractivity contribution is -0.0510. The number of hydrogen-bond donors (Lipinski definition) is 5. The zero-order valence-corrected chi connectivity index (χ0v) is 11.4. The van der Waals surface area contributed by atoms with E-state index < -0.39 is 39.0 Å². The summed E-state index contributed by atoms with van der Waals surface area (Å²) in [5.74, 6) is -0.0715. The fourth-order valence-electron chi connectivity index (χ4n) is 1.95. The predicted molar refractivity (Wildman–Crippen MR) is 65.9 cm³/mol. The van der Waals surface area contributed by atoms with Gasteiger partial charge >= 0.3 is 7.82 Å². The van der Waals surface area contributed by atoms with Crippen molar-refractivity contribution in [2.45, 2.75) is 24.5 Å². The molecule has 0 aliphatic carbocycles. The lowest BCUT2D eigenvalue weighted by Gasteiger charge is -2.17. The first-order valence-corrected chi connectivity index (χ1v) is 7.27. The quantitative estimate of drug-likeness (QED) is 0.301. The van der Waals surface area contributed by atoms with Crippen LogP contribution < -0.4 is 5.73 Å². The lowest BCUT2D eigenvalue weighted by atomic mass is 10.1. The van der Waals surface area contributed by atoms with Gasteiger partial charge in [-0.25, -0.2) is 9.55 Å². The Hall–Kier alpha value is -1.33. The smallest absolute Gasteiger partial charge is 0.387 e. The molecule has 0 unspecified atom stereocenters. The Bertz CT molecular complexity index is 571. The highest BCUT2D eigenvalue weighted by Crippen LogP contribution is 2.38. The molecular weight excluding hydrogens is 309 g/mol. The molecule has 2 heterocycles. The second-order valence-corrected chi connectivity index (χ2v) is 5.61. The van der Waals surface area contributed by atoms with Gasteiger partial charge in [0.15, 0.2) is 12.5 Å². The minimum absolute atomic E-state index is 0.0600. The predicted octanol–water partition coefficient (Wildman–Crippen LogP) is -1.99. The first kappa shape index (κ1) is 16.0. The van der Waals surface area contributed by atoms with Gasteiger partial charge in [0.05, 0.1) is 12.9 Å². The molecule has 1 aromatic rings. The average Bonchev–Trinajstić information content (AvgIpc) is 2.89. The van der Waals surface area contributed by atoms with Crippen molar-refractivity contribution in [1.82, 2.24) is 9.55 Å². The Morgan fingerprint density at radius 1 is 1.48 bits per heavy atom. The normalized spacial score (nSPS) is 29.7. The number of phosphoric acid groups is 1. The highest BCUT2D eigenvalue weighted by atomic mass is 31.2. The van der Waals surface area contributed by atoms with Crippen LogP contribution in [-0.4, -0.2) is 60.8 Å². The maximum Gasteiger partial charge on any atom is 0.469 e. The monoisotopic (exact) mass is 323 g/mol. The van der Waals surface area contributed by atoms with Crippen molar-refractivity contribution in [3.63, 3.8) is 0 Å². The molecule has 21 heavy (non-hydrogen) atoms. The summed E-state index contributed by atoms with van der Waals surface area (Å²) in [7, 11) is -4.73. The summed E-state index contributed by atoms with van der Waals surface area (Å²) in [6.07, 6.45) is -3.68. The summed E-state index contributed by atoms with van der Waals surface area (Å²) in [6, 6.07) is 0. The van der Waals surface area contributed by atoms with Gasteiger partial charge in [0.1, 0.15) is 29.8 Å². The van der Waals surface area contributed by atoms with Crippen molar-refractivity contribution in [2.24, 2.45) is 0 Å². The second-order valence-electron chi connectivity index (χ2n) is 4.37. The minimum atomic E-state index is -4.73. The van der Waals surface area contributed by atoms with Crippen LogP contribution in [0.4, 0.5) is 5.82 Å². The van der Waals surface area contributed by atoms with Crippen LogP contribution in [0.15, 0.2) is 6.33 Å². The number of imidazole rings is 1. The van der Waals surface area contributed by atoms with E-state index >= 15 is 0 Å². The number of aldehydes is 1. The molecule has 0 amide bonds. The minimum Gasteiger partial charge on any atom is -0.387 e. The van der Waals surface area contributed by atoms with Gasteiger partial charge in [0, 0.05) is 0 Å². The SMILES string of the molecule is Nc1c(C=O)ncn1[C@@H]1O[C@H](COP(=O)(O)O)[C@@H](O)[C@H]1O. The van der Waals surface area contributed by atoms with E-state index in [2.05, 4.69) is 9.51 Å². The molecule has 4 atom stereocenters. The standard InChI is InChI=1S/C9H14N3O8P/c10-8-4(1-13)11-3-12(8)9-7(15)6(14)5(20-9)2-19-21(16,17)18/h1,3,5-7,9,14-15H,2,10H2,(H2,16,17,18)/t5-,6-,7-,9-/m1/s1. The van der Waals surface area contributed by atoms with Gasteiger partial charge in [-0.1, -0.05) is 0 Å². The molecule has 6 N–H and O–H groups in total. The zero-order valence-electron chi connectivity index (χ0n) is 10.5. The van der Waals surface area contributed by atoms with Gasteiger partial charge in [-0.3, -0.25) is 13.9 Å². The van der Waals surface area contributed by atoms with Gasteiger partial charge in [0.25, 0.3) is 0 Å². The molecule has 0 radical (unpaired) electrons. The molecule has 0 saturated carbocycles. The lowest BCUT2D eigenvalue weighted by Crippen LogP contribution is -2.33. The highest BCUT2D eigenvalue weighted by Gasteiger charge is 2.45. The molecular formula is C9H14N3O8P. The van der Waals surface area contributed by atoms with Crippen LogP contribution in [0.2, 0.25) is 0 Å². The fraction of sp³-hybridized carbons (Fsp3) is 0.556. The van der Waals surface area contributed by atoms with Crippen LogP contribution in [0.25, 0.3) is 0 Å². The molecule has 1 aliphatic heterocycles. The molecule has 2 rings (SSSR count). The van der Waals surface area contributed by atoms with Crippen LogP contribution in [0, 0.1) is 0 Å². The molecule has 12 heteroatoms. The van der Waals surface area contributed by atoms with Crippen molar-refractivity contribution in [3.8, 4) is 0 Å². The van der Waals surface area contributed by atoms with Gasteiger partial charge in [-0.15, -0.1) is 0 Å². The molecule has 118 valence electrons. The summed E-state index contributed by atoms with van der Waals surface area (Å²) < 4.78 is 21.3.